The number of aryl methyl sites for hydroxylation is 1. The summed E-state index contributed by atoms with van der Waals surface area (Å²) in [5.41, 5.74) is 2.13. The van der Waals surface area contributed by atoms with E-state index in [4.69, 9.17) is 4.74 Å². The molecule has 3 rings (SSSR count). The quantitative estimate of drug-likeness (QED) is 0.286. The molecule has 164 valence electrons. The van der Waals surface area contributed by atoms with Crippen LogP contribution in [0, 0.1) is 6.92 Å². The van der Waals surface area contributed by atoms with Crippen LogP contribution in [0.2, 0.25) is 0 Å². The first kappa shape index (κ1) is 22.5. The lowest BCUT2D eigenvalue weighted by atomic mass is 9.95. The molecular formula is C25H30N2O4. The van der Waals surface area contributed by atoms with Crippen LogP contribution < -0.4 is 4.74 Å². The van der Waals surface area contributed by atoms with Gasteiger partial charge in [-0.3, -0.25) is 14.6 Å². The smallest absolute Gasteiger partial charge is 0.295 e. The number of aliphatic hydroxyl groups is 1. The summed E-state index contributed by atoms with van der Waals surface area (Å²) in [7, 11) is 0. The topological polar surface area (TPSA) is 79.7 Å². The molecule has 0 radical (unpaired) electrons. The summed E-state index contributed by atoms with van der Waals surface area (Å²) >= 11 is 0. The molecule has 1 aliphatic heterocycles. The number of aromatic nitrogens is 1. The van der Waals surface area contributed by atoms with E-state index in [9.17, 15) is 14.7 Å². The highest BCUT2D eigenvalue weighted by molar-refractivity contribution is 6.46. The fourth-order valence-corrected chi connectivity index (χ4v) is 3.87. The van der Waals surface area contributed by atoms with Gasteiger partial charge in [0.05, 0.1) is 17.7 Å². The lowest BCUT2D eigenvalue weighted by molar-refractivity contribution is -0.139. The van der Waals surface area contributed by atoms with Crippen molar-refractivity contribution in [3.63, 3.8) is 0 Å². The summed E-state index contributed by atoms with van der Waals surface area (Å²) in [6.07, 6.45) is 6.06. The van der Waals surface area contributed by atoms with Crippen LogP contribution in [0.25, 0.3) is 5.76 Å². The molecule has 0 spiro atoms. The van der Waals surface area contributed by atoms with Crippen molar-refractivity contribution in [1.29, 1.82) is 0 Å². The van der Waals surface area contributed by atoms with Crippen LogP contribution in [-0.4, -0.2) is 39.3 Å². The average molecular weight is 423 g/mol. The van der Waals surface area contributed by atoms with E-state index in [0.717, 1.165) is 30.6 Å². The molecular weight excluding hydrogens is 392 g/mol. The van der Waals surface area contributed by atoms with Gasteiger partial charge in [0.25, 0.3) is 11.7 Å². The van der Waals surface area contributed by atoms with E-state index in [1.165, 1.54) is 0 Å². The molecule has 0 saturated carbocycles. The SMILES string of the molecule is CCCCCN1C(=O)C(=O)/C(=C(\O)c2ccc(OC(C)C)c(C)c2)C1c1cccnc1. The van der Waals surface area contributed by atoms with E-state index >= 15 is 0 Å². The highest BCUT2D eigenvalue weighted by Crippen LogP contribution is 2.39. The van der Waals surface area contributed by atoms with Gasteiger partial charge in [0.15, 0.2) is 0 Å². The van der Waals surface area contributed by atoms with Crippen LogP contribution in [0.5, 0.6) is 5.75 Å². The van der Waals surface area contributed by atoms with Gasteiger partial charge in [0.2, 0.25) is 0 Å². The molecule has 1 N–H and O–H groups in total. The van der Waals surface area contributed by atoms with Gasteiger partial charge in [-0.2, -0.15) is 0 Å². The largest absolute Gasteiger partial charge is 0.507 e. The Morgan fingerprint density at radius 1 is 1.23 bits per heavy atom. The number of ether oxygens (including phenoxy) is 1. The Balaban J connectivity index is 2.07. The van der Waals surface area contributed by atoms with Crippen molar-refractivity contribution in [2.75, 3.05) is 6.54 Å². The third kappa shape index (κ3) is 4.79. The molecule has 0 bridgehead atoms. The molecule has 1 atom stereocenters. The van der Waals surface area contributed by atoms with Crippen molar-refractivity contribution in [2.45, 2.75) is 59.1 Å². The number of rotatable bonds is 8. The van der Waals surface area contributed by atoms with Gasteiger partial charge >= 0.3 is 0 Å². The minimum absolute atomic E-state index is 0.0252. The van der Waals surface area contributed by atoms with Gasteiger partial charge in [-0.15, -0.1) is 0 Å². The van der Waals surface area contributed by atoms with Crippen molar-refractivity contribution in [3.8, 4) is 5.75 Å². The van der Waals surface area contributed by atoms with Crippen LogP contribution in [0.1, 0.15) is 62.8 Å². The Morgan fingerprint density at radius 3 is 2.61 bits per heavy atom. The van der Waals surface area contributed by atoms with Crippen LogP contribution in [-0.2, 0) is 9.59 Å². The van der Waals surface area contributed by atoms with Gasteiger partial charge in [-0.05, 0) is 62.6 Å². The Kier molecular flexibility index (Phi) is 7.10. The van der Waals surface area contributed by atoms with Crippen molar-refractivity contribution in [1.82, 2.24) is 9.88 Å². The zero-order valence-electron chi connectivity index (χ0n) is 18.6. The fraction of sp³-hybridized carbons (Fsp3) is 0.400. The molecule has 1 aromatic heterocycles. The van der Waals surface area contributed by atoms with E-state index in [1.54, 1.807) is 41.6 Å². The van der Waals surface area contributed by atoms with Crippen molar-refractivity contribution in [2.24, 2.45) is 0 Å². The second-order valence-electron chi connectivity index (χ2n) is 8.13. The molecule has 1 fully saturated rings. The van der Waals surface area contributed by atoms with Gasteiger partial charge in [-0.25, -0.2) is 0 Å². The highest BCUT2D eigenvalue weighted by Gasteiger charge is 2.45. The normalized spacial score (nSPS) is 18.1. The van der Waals surface area contributed by atoms with Crippen molar-refractivity contribution in [3.05, 3.63) is 65.0 Å². The number of aliphatic hydroxyl groups excluding tert-OH is 1. The predicted molar refractivity (Wildman–Crippen MR) is 120 cm³/mol. The molecule has 0 aliphatic carbocycles. The van der Waals surface area contributed by atoms with Crippen molar-refractivity contribution < 1.29 is 19.4 Å². The van der Waals surface area contributed by atoms with Crippen LogP contribution >= 0.6 is 0 Å². The first-order valence-corrected chi connectivity index (χ1v) is 10.8. The summed E-state index contributed by atoms with van der Waals surface area (Å²) in [6, 6.07) is 8.21. The maximum atomic E-state index is 13.0. The second kappa shape index (κ2) is 9.77. The monoisotopic (exact) mass is 422 g/mol. The number of hydrogen-bond acceptors (Lipinski definition) is 5. The van der Waals surface area contributed by atoms with E-state index in [0.29, 0.717) is 17.7 Å². The standard InChI is InChI=1S/C25H30N2O4/c1-5-6-7-13-27-22(19-9-8-12-26-15-19)21(24(29)25(27)30)23(28)18-10-11-20(17(4)14-18)31-16(2)3/h8-12,14-16,22,28H,5-7,13H2,1-4H3/b23-21-. The van der Waals surface area contributed by atoms with Gasteiger partial charge in [0, 0.05) is 24.5 Å². The lowest BCUT2D eigenvalue weighted by Crippen LogP contribution is -2.30. The van der Waals surface area contributed by atoms with E-state index < -0.39 is 17.7 Å². The van der Waals surface area contributed by atoms with E-state index in [2.05, 4.69) is 11.9 Å². The number of nitrogens with zero attached hydrogens (tertiary/aromatic N) is 2. The maximum absolute atomic E-state index is 13.0. The zero-order valence-corrected chi connectivity index (χ0v) is 18.6. The molecule has 2 aromatic rings. The number of carbonyl (C=O) groups is 2. The molecule has 31 heavy (non-hydrogen) atoms. The second-order valence-corrected chi connectivity index (χ2v) is 8.13. The van der Waals surface area contributed by atoms with Crippen LogP contribution in [0.4, 0.5) is 0 Å². The fourth-order valence-electron chi connectivity index (χ4n) is 3.87. The molecule has 1 aromatic carbocycles. The minimum atomic E-state index is -0.664. The zero-order chi connectivity index (χ0) is 22.5. The highest BCUT2D eigenvalue weighted by atomic mass is 16.5. The van der Waals surface area contributed by atoms with E-state index in [-0.39, 0.29) is 17.4 Å². The number of Topliss-reactive ketones (excluding diaryl/α,β-unsaturated/α-hetero) is 1. The molecule has 1 unspecified atom stereocenters. The summed E-state index contributed by atoms with van der Waals surface area (Å²) in [5.74, 6) is -0.703. The summed E-state index contributed by atoms with van der Waals surface area (Å²) in [6.45, 7) is 8.32. The van der Waals surface area contributed by atoms with Gasteiger partial charge in [0.1, 0.15) is 11.5 Å². The first-order valence-electron chi connectivity index (χ1n) is 10.8. The number of ketones is 1. The number of benzene rings is 1. The molecule has 1 amide bonds. The van der Waals surface area contributed by atoms with Crippen LogP contribution in [0.15, 0.2) is 48.3 Å². The Labute approximate surface area is 183 Å². The predicted octanol–water partition coefficient (Wildman–Crippen LogP) is 4.79. The summed E-state index contributed by atoms with van der Waals surface area (Å²) in [5, 5.41) is 11.1. The lowest BCUT2D eigenvalue weighted by Gasteiger charge is -2.25. The van der Waals surface area contributed by atoms with E-state index in [1.807, 2.05) is 26.8 Å². The Bertz CT molecular complexity index is 982. The first-order chi connectivity index (χ1) is 14.8. The summed E-state index contributed by atoms with van der Waals surface area (Å²) < 4.78 is 5.77. The minimum Gasteiger partial charge on any atom is -0.507 e. The summed E-state index contributed by atoms with van der Waals surface area (Å²) in [4.78, 5) is 31.6. The average Bonchev–Trinajstić information content (AvgIpc) is 3.00. The number of pyridine rings is 1. The third-order valence-electron chi connectivity index (χ3n) is 5.35. The molecule has 6 nitrogen and oxygen atoms in total. The van der Waals surface area contributed by atoms with Crippen LogP contribution in [0.3, 0.4) is 0 Å². The Hall–Kier alpha value is -3.15. The molecule has 1 saturated heterocycles. The van der Waals surface area contributed by atoms with Crippen molar-refractivity contribution >= 4 is 17.4 Å². The van der Waals surface area contributed by atoms with Gasteiger partial charge in [-0.1, -0.05) is 25.8 Å². The third-order valence-corrected chi connectivity index (χ3v) is 5.35. The number of hydrogen-bond donors (Lipinski definition) is 1. The van der Waals surface area contributed by atoms with Gasteiger partial charge < -0.3 is 14.7 Å². The molecule has 1 aliphatic rings. The number of likely N-dealkylation sites (tertiary alicyclic amines) is 1. The molecule has 2 heterocycles. The number of carbonyl (C=O) groups excluding carboxylic acids is 2. The Morgan fingerprint density at radius 2 is 2.00 bits per heavy atom. The number of amides is 1. The maximum Gasteiger partial charge on any atom is 0.295 e. The number of unbranched alkanes of at least 4 members (excludes halogenated alkanes) is 2. The molecule has 6 heteroatoms.